The van der Waals surface area contributed by atoms with E-state index in [1.165, 1.54) is 16.8 Å². The molecule has 0 unspecified atom stereocenters. The topological polar surface area (TPSA) is 89.1 Å². The van der Waals surface area contributed by atoms with E-state index in [4.69, 9.17) is 12.2 Å². The van der Waals surface area contributed by atoms with E-state index in [9.17, 15) is 10.1 Å². The Labute approximate surface area is 142 Å². The monoisotopic (exact) mass is 339 g/mol. The smallest absolute Gasteiger partial charge is 0.258 e. The normalized spacial score (nSPS) is 11.0. The highest BCUT2D eigenvalue weighted by molar-refractivity contribution is 7.71. The van der Waals surface area contributed by atoms with Gasteiger partial charge in [0.15, 0.2) is 5.82 Å². The highest BCUT2D eigenvalue weighted by Crippen LogP contribution is 2.18. The number of nitrogens with one attached hydrogen (secondary N) is 1. The zero-order chi connectivity index (χ0) is 17.1. The minimum atomic E-state index is -0.442. The van der Waals surface area contributed by atoms with Gasteiger partial charge in [-0.05, 0) is 42.9 Å². The number of H-pyrrole nitrogens is 1. The molecule has 0 radical (unpaired) electrons. The first-order valence-electron chi connectivity index (χ1n) is 7.08. The summed E-state index contributed by atoms with van der Waals surface area (Å²) in [6.07, 6.45) is 1.58. The van der Waals surface area contributed by atoms with Crippen LogP contribution < -0.4 is 0 Å². The number of aryl methyl sites for hydroxylation is 1. The van der Waals surface area contributed by atoms with E-state index in [1.54, 1.807) is 18.3 Å². The molecule has 0 saturated carbocycles. The van der Waals surface area contributed by atoms with Crippen LogP contribution in [0, 0.1) is 21.8 Å². The molecule has 120 valence electrons. The maximum absolute atomic E-state index is 10.7. The second-order valence-electron chi connectivity index (χ2n) is 5.13. The molecule has 3 aromatic rings. The molecule has 7 nitrogen and oxygen atoms in total. The number of nitro benzene ring substituents is 1. The third-order valence-corrected chi connectivity index (χ3v) is 3.62. The number of aromatic amines is 1. The number of non-ortho nitro benzene ring substituents is 1. The quantitative estimate of drug-likeness (QED) is 0.340. The Kier molecular flexibility index (Phi) is 4.30. The Morgan fingerprint density at radius 1 is 1.29 bits per heavy atom. The van der Waals surface area contributed by atoms with E-state index in [1.807, 2.05) is 31.2 Å². The van der Waals surface area contributed by atoms with Crippen LogP contribution in [-0.2, 0) is 0 Å². The molecule has 3 rings (SSSR count). The SMILES string of the molecule is Cc1cccc(-c2n[nH]c(=S)n2/N=C/c2ccc([N+](=O)[O-])cc2)c1. The lowest BCUT2D eigenvalue weighted by Crippen LogP contribution is -1.95. The summed E-state index contributed by atoms with van der Waals surface area (Å²) in [6, 6.07) is 13.9. The van der Waals surface area contributed by atoms with Gasteiger partial charge < -0.3 is 0 Å². The maximum Gasteiger partial charge on any atom is 0.269 e. The average Bonchev–Trinajstić information content (AvgIpc) is 2.94. The number of hydrogen-bond acceptors (Lipinski definition) is 5. The van der Waals surface area contributed by atoms with Crippen LogP contribution in [0.4, 0.5) is 5.69 Å². The summed E-state index contributed by atoms with van der Waals surface area (Å²) in [5, 5.41) is 22.0. The number of benzene rings is 2. The van der Waals surface area contributed by atoms with Crippen molar-refractivity contribution >= 4 is 24.1 Å². The van der Waals surface area contributed by atoms with Crippen molar-refractivity contribution < 1.29 is 4.92 Å². The summed E-state index contributed by atoms with van der Waals surface area (Å²) in [7, 11) is 0. The third-order valence-electron chi connectivity index (χ3n) is 3.35. The zero-order valence-electron chi connectivity index (χ0n) is 12.7. The van der Waals surface area contributed by atoms with Gasteiger partial charge in [0, 0.05) is 17.7 Å². The molecule has 0 saturated heterocycles. The Morgan fingerprint density at radius 3 is 2.71 bits per heavy atom. The second kappa shape index (κ2) is 6.55. The van der Waals surface area contributed by atoms with E-state index in [0.717, 1.165) is 16.7 Å². The molecule has 0 spiro atoms. The van der Waals surface area contributed by atoms with Crippen molar-refractivity contribution in [1.29, 1.82) is 0 Å². The number of hydrogen-bond donors (Lipinski definition) is 1. The van der Waals surface area contributed by atoms with Crippen LogP contribution in [0.5, 0.6) is 0 Å². The second-order valence-corrected chi connectivity index (χ2v) is 5.51. The van der Waals surface area contributed by atoms with Gasteiger partial charge in [-0.3, -0.25) is 10.1 Å². The molecule has 0 aliphatic rings. The molecular weight excluding hydrogens is 326 g/mol. The van der Waals surface area contributed by atoms with Crippen molar-refractivity contribution in [2.45, 2.75) is 6.92 Å². The van der Waals surface area contributed by atoms with Crippen LogP contribution in [0.25, 0.3) is 11.4 Å². The molecule has 1 N–H and O–H groups in total. The fraction of sp³-hybridized carbons (Fsp3) is 0.0625. The zero-order valence-corrected chi connectivity index (χ0v) is 13.5. The Morgan fingerprint density at radius 2 is 2.04 bits per heavy atom. The molecule has 0 fully saturated rings. The van der Waals surface area contributed by atoms with Crippen LogP contribution in [0.2, 0.25) is 0 Å². The lowest BCUT2D eigenvalue weighted by molar-refractivity contribution is -0.384. The number of nitrogens with zero attached hydrogens (tertiary/aromatic N) is 4. The molecular formula is C16H13N5O2S. The molecule has 0 atom stereocenters. The maximum atomic E-state index is 10.7. The van der Waals surface area contributed by atoms with Crippen molar-refractivity contribution in [3.63, 3.8) is 0 Å². The van der Waals surface area contributed by atoms with Gasteiger partial charge in [-0.1, -0.05) is 23.8 Å². The summed E-state index contributed by atoms with van der Waals surface area (Å²) >= 11 is 5.22. The van der Waals surface area contributed by atoms with Gasteiger partial charge in [0.2, 0.25) is 4.77 Å². The fourth-order valence-corrected chi connectivity index (χ4v) is 2.36. The molecule has 8 heteroatoms. The number of aromatic nitrogens is 3. The lowest BCUT2D eigenvalue weighted by atomic mass is 10.1. The number of rotatable bonds is 4. The van der Waals surface area contributed by atoms with Crippen molar-refractivity contribution in [3.8, 4) is 11.4 Å². The molecule has 2 aromatic carbocycles. The third kappa shape index (κ3) is 3.28. The summed E-state index contributed by atoms with van der Waals surface area (Å²) in [6.45, 7) is 2.00. The summed E-state index contributed by atoms with van der Waals surface area (Å²) < 4.78 is 1.88. The van der Waals surface area contributed by atoms with Crippen molar-refractivity contribution in [1.82, 2.24) is 14.9 Å². The highest BCUT2D eigenvalue weighted by Gasteiger charge is 2.08. The first-order chi connectivity index (χ1) is 11.5. The van der Waals surface area contributed by atoms with Crippen LogP contribution in [0.3, 0.4) is 0 Å². The van der Waals surface area contributed by atoms with E-state index in [2.05, 4.69) is 15.3 Å². The van der Waals surface area contributed by atoms with Crippen LogP contribution >= 0.6 is 12.2 Å². The predicted octanol–water partition coefficient (Wildman–Crippen LogP) is 3.71. The summed E-state index contributed by atoms with van der Waals surface area (Å²) in [5.41, 5.74) is 2.75. The first kappa shape index (κ1) is 15.8. The van der Waals surface area contributed by atoms with Gasteiger partial charge >= 0.3 is 0 Å². The minimum absolute atomic E-state index is 0.0347. The van der Waals surface area contributed by atoms with Gasteiger partial charge in [0.1, 0.15) is 0 Å². The fourth-order valence-electron chi connectivity index (χ4n) is 2.18. The standard InChI is InChI=1S/C16H13N5O2S/c1-11-3-2-4-13(9-11)15-18-19-16(24)20(15)17-10-12-5-7-14(8-6-12)21(22)23/h2-10H,1H3,(H,19,24)/b17-10+. The molecule has 0 amide bonds. The van der Waals surface area contributed by atoms with Gasteiger partial charge in [0.25, 0.3) is 5.69 Å². The summed E-state index contributed by atoms with van der Waals surface area (Å²) in [5.74, 6) is 0.599. The van der Waals surface area contributed by atoms with Gasteiger partial charge in [-0.15, -0.1) is 0 Å². The lowest BCUT2D eigenvalue weighted by Gasteiger charge is -2.02. The van der Waals surface area contributed by atoms with E-state index < -0.39 is 4.92 Å². The predicted molar refractivity (Wildman–Crippen MR) is 93.7 cm³/mol. The van der Waals surface area contributed by atoms with Crippen molar-refractivity contribution in [2.24, 2.45) is 5.10 Å². The Hall–Kier alpha value is -3.13. The first-order valence-corrected chi connectivity index (χ1v) is 7.49. The van der Waals surface area contributed by atoms with Gasteiger partial charge in [-0.25, -0.2) is 5.10 Å². The van der Waals surface area contributed by atoms with E-state index in [0.29, 0.717) is 10.6 Å². The molecule has 24 heavy (non-hydrogen) atoms. The highest BCUT2D eigenvalue weighted by atomic mass is 32.1. The average molecular weight is 339 g/mol. The van der Waals surface area contributed by atoms with Crippen LogP contribution in [-0.4, -0.2) is 26.0 Å². The van der Waals surface area contributed by atoms with E-state index in [-0.39, 0.29) is 5.69 Å². The number of nitro groups is 1. The largest absolute Gasteiger partial charge is 0.269 e. The molecule has 1 heterocycles. The van der Waals surface area contributed by atoms with Crippen LogP contribution in [0.15, 0.2) is 53.6 Å². The van der Waals surface area contributed by atoms with E-state index >= 15 is 0 Å². The van der Waals surface area contributed by atoms with Crippen molar-refractivity contribution in [3.05, 3.63) is 74.5 Å². The summed E-state index contributed by atoms with van der Waals surface area (Å²) in [4.78, 5) is 10.2. The van der Waals surface area contributed by atoms with Crippen molar-refractivity contribution in [2.75, 3.05) is 0 Å². The van der Waals surface area contributed by atoms with Gasteiger partial charge in [-0.2, -0.15) is 14.9 Å². The molecule has 0 aliphatic heterocycles. The molecule has 0 aliphatic carbocycles. The Bertz CT molecular complexity index is 973. The molecule has 1 aromatic heterocycles. The van der Waals surface area contributed by atoms with Crippen LogP contribution in [0.1, 0.15) is 11.1 Å². The molecule has 0 bridgehead atoms. The minimum Gasteiger partial charge on any atom is -0.258 e. The van der Waals surface area contributed by atoms with Gasteiger partial charge in [0.05, 0.1) is 11.1 Å². The Balaban J connectivity index is 1.94.